The number of hydrogen-bond acceptors (Lipinski definition) is 3. The quantitative estimate of drug-likeness (QED) is 0.822. The lowest BCUT2D eigenvalue weighted by Crippen LogP contribution is -2.42. The van der Waals surface area contributed by atoms with Crippen LogP contribution >= 0.6 is 0 Å². The maximum absolute atomic E-state index is 12.7. The van der Waals surface area contributed by atoms with Crippen LogP contribution in [-0.4, -0.2) is 31.4 Å². The Morgan fingerprint density at radius 2 is 1.90 bits per heavy atom. The zero-order valence-electron chi connectivity index (χ0n) is 13.2. The van der Waals surface area contributed by atoms with Crippen LogP contribution in [0.25, 0.3) is 0 Å². The number of rotatable bonds is 6. The van der Waals surface area contributed by atoms with Gasteiger partial charge in [0, 0.05) is 18.6 Å². The molecule has 0 radical (unpaired) electrons. The van der Waals surface area contributed by atoms with Gasteiger partial charge < -0.3 is 5.32 Å². The van der Waals surface area contributed by atoms with Gasteiger partial charge in [-0.05, 0) is 57.4 Å². The first-order chi connectivity index (χ1) is 9.88. The second-order valence-electron chi connectivity index (χ2n) is 6.31. The Bertz CT molecular complexity index is 564. The Hall–Kier alpha value is -0.910. The van der Waals surface area contributed by atoms with Crippen molar-refractivity contribution in [2.75, 3.05) is 13.1 Å². The fraction of sp³-hybridized carbons (Fsp3) is 0.625. The SMILES string of the molecule is CCCNCc1ccc(S(=O)(=O)N2CCCC2(C)C)cc1. The smallest absolute Gasteiger partial charge is 0.243 e. The summed E-state index contributed by atoms with van der Waals surface area (Å²) in [7, 11) is -3.38. The third kappa shape index (κ3) is 3.65. The van der Waals surface area contributed by atoms with E-state index < -0.39 is 10.0 Å². The molecule has 0 atom stereocenters. The van der Waals surface area contributed by atoms with E-state index in [1.807, 2.05) is 26.0 Å². The van der Waals surface area contributed by atoms with Crippen LogP contribution in [0.3, 0.4) is 0 Å². The van der Waals surface area contributed by atoms with Gasteiger partial charge in [0.1, 0.15) is 0 Å². The molecule has 1 aromatic rings. The monoisotopic (exact) mass is 310 g/mol. The number of sulfonamides is 1. The molecule has 1 saturated heterocycles. The molecule has 5 heteroatoms. The molecule has 1 fully saturated rings. The molecule has 0 aliphatic carbocycles. The molecule has 0 amide bonds. The average molecular weight is 310 g/mol. The molecule has 0 spiro atoms. The topological polar surface area (TPSA) is 49.4 Å². The molecule has 2 rings (SSSR count). The summed E-state index contributed by atoms with van der Waals surface area (Å²) in [6.45, 7) is 8.50. The van der Waals surface area contributed by atoms with Crippen molar-refractivity contribution in [2.24, 2.45) is 0 Å². The number of nitrogens with zero attached hydrogens (tertiary/aromatic N) is 1. The van der Waals surface area contributed by atoms with Gasteiger partial charge in [0.25, 0.3) is 0 Å². The lowest BCUT2D eigenvalue weighted by Gasteiger charge is -2.30. The van der Waals surface area contributed by atoms with Crippen molar-refractivity contribution in [1.29, 1.82) is 0 Å². The Kier molecular flexibility index (Phi) is 5.07. The van der Waals surface area contributed by atoms with Gasteiger partial charge in [0.15, 0.2) is 0 Å². The third-order valence-electron chi connectivity index (χ3n) is 4.09. The summed E-state index contributed by atoms with van der Waals surface area (Å²) in [4.78, 5) is 0.400. The molecule has 0 bridgehead atoms. The van der Waals surface area contributed by atoms with Crippen LogP contribution < -0.4 is 5.32 Å². The second-order valence-corrected chi connectivity index (χ2v) is 8.18. The summed E-state index contributed by atoms with van der Waals surface area (Å²) >= 11 is 0. The van der Waals surface area contributed by atoms with E-state index in [1.165, 1.54) is 0 Å². The molecule has 1 N–H and O–H groups in total. The fourth-order valence-corrected chi connectivity index (χ4v) is 4.69. The minimum absolute atomic E-state index is 0.278. The van der Waals surface area contributed by atoms with Gasteiger partial charge >= 0.3 is 0 Å². The summed E-state index contributed by atoms with van der Waals surface area (Å²) in [5.74, 6) is 0. The highest BCUT2D eigenvalue weighted by atomic mass is 32.2. The normalized spacial score (nSPS) is 19.0. The van der Waals surface area contributed by atoms with E-state index >= 15 is 0 Å². The van der Waals surface area contributed by atoms with Crippen molar-refractivity contribution in [2.45, 2.75) is 57.0 Å². The predicted octanol–water partition coefficient (Wildman–Crippen LogP) is 2.75. The summed E-state index contributed by atoms with van der Waals surface area (Å²) in [5, 5.41) is 3.32. The lowest BCUT2D eigenvalue weighted by atomic mass is 10.0. The molecule has 0 unspecified atom stereocenters. The van der Waals surface area contributed by atoms with Crippen LogP contribution in [0.2, 0.25) is 0 Å². The first kappa shape index (κ1) is 16.5. The van der Waals surface area contributed by atoms with Crippen LogP contribution in [0, 0.1) is 0 Å². The molecule has 118 valence electrons. The molecular weight excluding hydrogens is 284 g/mol. The molecule has 0 saturated carbocycles. The molecule has 1 aromatic carbocycles. The zero-order valence-corrected chi connectivity index (χ0v) is 14.0. The highest BCUT2D eigenvalue weighted by molar-refractivity contribution is 7.89. The van der Waals surface area contributed by atoms with Gasteiger partial charge in [0.05, 0.1) is 4.90 Å². The van der Waals surface area contributed by atoms with Crippen molar-refractivity contribution < 1.29 is 8.42 Å². The third-order valence-corrected chi connectivity index (χ3v) is 6.22. The minimum atomic E-state index is -3.38. The Balaban J connectivity index is 2.14. The fourth-order valence-electron chi connectivity index (χ4n) is 2.84. The van der Waals surface area contributed by atoms with E-state index in [0.29, 0.717) is 11.4 Å². The Labute approximate surface area is 128 Å². The summed E-state index contributed by atoms with van der Waals surface area (Å²) in [5.41, 5.74) is 0.836. The lowest BCUT2D eigenvalue weighted by molar-refractivity contribution is 0.291. The first-order valence-electron chi connectivity index (χ1n) is 7.70. The van der Waals surface area contributed by atoms with E-state index in [1.54, 1.807) is 16.4 Å². The molecule has 1 heterocycles. The first-order valence-corrected chi connectivity index (χ1v) is 9.14. The van der Waals surface area contributed by atoms with Gasteiger partial charge in [-0.15, -0.1) is 0 Å². The van der Waals surface area contributed by atoms with Crippen LogP contribution in [-0.2, 0) is 16.6 Å². The van der Waals surface area contributed by atoms with Crippen LogP contribution in [0.1, 0.15) is 45.6 Å². The second kappa shape index (κ2) is 6.46. The van der Waals surface area contributed by atoms with Crippen molar-refractivity contribution in [3.63, 3.8) is 0 Å². The Morgan fingerprint density at radius 1 is 1.24 bits per heavy atom. The van der Waals surface area contributed by atoms with Gasteiger partial charge in [-0.3, -0.25) is 0 Å². The van der Waals surface area contributed by atoms with E-state index in [0.717, 1.165) is 37.9 Å². The predicted molar refractivity (Wildman–Crippen MR) is 85.6 cm³/mol. The zero-order chi connectivity index (χ0) is 15.5. The maximum Gasteiger partial charge on any atom is 0.243 e. The van der Waals surface area contributed by atoms with Gasteiger partial charge in [-0.1, -0.05) is 19.1 Å². The van der Waals surface area contributed by atoms with Gasteiger partial charge in [-0.2, -0.15) is 4.31 Å². The van der Waals surface area contributed by atoms with Crippen LogP contribution in [0.15, 0.2) is 29.2 Å². The summed E-state index contributed by atoms with van der Waals surface area (Å²) in [6.07, 6.45) is 2.95. The summed E-state index contributed by atoms with van der Waals surface area (Å²) < 4.78 is 27.1. The number of hydrogen-bond donors (Lipinski definition) is 1. The highest BCUT2D eigenvalue weighted by Gasteiger charge is 2.40. The van der Waals surface area contributed by atoms with E-state index in [2.05, 4.69) is 12.2 Å². The average Bonchev–Trinajstić information content (AvgIpc) is 2.80. The summed E-state index contributed by atoms with van der Waals surface area (Å²) in [6, 6.07) is 7.26. The standard InChI is InChI=1S/C16H26N2O2S/c1-4-11-17-13-14-6-8-15(9-7-14)21(19,20)18-12-5-10-16(18,2)3/h6-9,17H,4-5,10-13H2,1-3H3. The van der Waals surface area contributed by atoms with Crippen molar-refractivity contribution >= 4 is 10.0 Å². The van der Waals surface area contributed by atoms with Gasteiger partial charge in [0.2, 0.25) is 10.0 Å². The number of nitrogens with one attached hydrogen (secondary N) is 1. The van der Waals surface area contributed by atoms with Crippen LogP contribution in [0.5, 0.6) is 0 Å². The van der Waals surface area contributed by atoms with E-state index in [4.69, 9.17) is 0 Å². The van der Waals surface area contributed by atoms with E-state index in [9.17, 15) is 8.42 Å². The molecule has 1 aliphatic heterocycles. The molecule has 1 aliphatic rings. The molecule has 0 aromatic heterocycles. The van der Waals surface area contributed by atoms with E-state index in [-0.39, 0.29) is 5.54 Å². The van der Waals surface area contributed by atoms with Crippen LogP contribution in [0.4, 0.5) is 0 Å². The largest absolute Gasteiger partial charge is 0.313 e. The molecule has 4 nitrogen and oxygen atoms in total. The molecule has 21 heavy (non-hydrogen) atoms. The van der Waals surface area contributed by atoms with Crippen molar-refractivity contribution in [3.05, 3.63) is 29.8 Å². The Morgan fingerprint density at radius 3 is 2.43 bits per heavy atom. The number of benzene rings is 1. The molecular formula is C16H26N2O2S. The maximum atomic E-state index is 12.7. The van der Waals surface area contributed by atoms with Gasteiger partial charge in [-0.25, -0.2) is 8.42 Å². The minimum Gasteiger partial charge on any atom is -0.313 e. The van der Waals surface area contributed by atoms with Crippen molar-refractivity contribution in [1.82, 2.24) is 9.62 Å². The highest BCUT2D eigenvalue weighted by Crippen LogP contribution is 2.33. The van der Waals surface area contributed by atoms with Crippen molar-refractivity contribution in [3.8, 4) is 0 Å².